The summed E-state index contributed by atoms with van der Waals surface area (Å²) in [5.41, 5.74) is 4.49. The molecule has 0 aliphatic carbocycles. The van der Waals surface area contributed by atoms with Crippen LogP contribution in [0, 0.1) is 0 Å². The first kappa shape index (κ1) is 14.1. The summed E-state index contributed by atoms with van der Waals surface area (Å²) in [6.07, 6.45) is 1.47. The molecule has 8 heteroatoms. The van der Waals surface area contributed by atoms with Gasteiger partial charge in [0.05, 0.1) is 6.54 Å². The smallest absolute Gasteiger partial charge is 0.288 e. The normalized spacial score (nSPS) is 9.44. The second kappa shape index (κ2) is 6.70. The van der Waals surface area contributed by atoms with Gasteiger partial charge in [0.2, 0.25) is 5.91 Å². The van der Waals surface area contributed by atoms with E-state index in [0.717, 1.165) is 4.47 Å². The average Bonchev–Trinajstić information content (AvgIpc) is 2.34. The number of hydrazine groups is 1. The van der Waals surface area contributed by atoms with Crippen LogP contribution in [0.15, 0.2) is 22.8 Å². The maximum atomic E-state index is 11.5. The Balaban J connectivity index is 2.39. The molecule has 1 aromatic rings. The van der Waals surface area contributed by atoms with Gasteiger partial charge in [0.15, 0.2) is 0 Å². The van der Waals surface area contributed by atoms with Crippen LogP contribution in [0.1, 0.15) is 17.4 Å². The third kappa shape index (κ3) is 4.91. The number of nitrogens with one attached hydrogen (secondary N) is 3. The molecule has 0 aromatic carbocycles. The minimum atomic E-state index is -0.543. The van der Waals surface area contributed by atoms with Gasteiger partial charge in [-0.2, -0.15) is 0 Å². The number of carbonyl (C=O) groups is 3. The first-order chi connectivity index (χ1) is 8.49. The fourth-order valence-electron chi connectivity index (χ4n) is 0.950. The molecular weight excluding hydrogens is 304 g/mol. The molecule has 0 fully saturated rings. The molecule has 0 atom stereocenters. The van der Waals surface area contributed by atoms with Crippen molar-refractivity contribution >= 4 is 33.7 Å². The molecule has 0 radical (unpaired) electrons. The lowest BCUT2D eigenvalue weighted by molar-refractivity contribution is -0.125. The summed E-state index contributed by atoms with van der Waals surface area (Å²) >= 11 is 3.19. The number of pyridine rings is 1. The Morgan fingerprint density at radius 1 is 1.28 bits per heavy atom. The van der Waals surface area contributed by atoms with Gasteiger partial charge in [-0.3, -0.25) is 25.2 Å². The number of hydrogen-bond donors (Lipinski definition) is 3. The lowest BCUT2D eigenvalue weighted by atomic mass is 10.3. The first-order valence-corrected chi connectivity index (χ1v) is 5.73. The van der Waals surface area contributed by atoms with Crippen LogP contribution in [-0.2, 0) is 9.59 Å². The fourth-order valence-corrected chi connectivity index (χ4v) is 1.18. The molecule has 0 unspecified atom stereocenters. The average molecular weight is 315 g/mol. The van der Waals surface area contributed by atoms with E-state index in [1.165, 1.54) is 19.2 Å². The van der Waals surface area contributed by atoms with Crippen molar-refractivity contribution < 1.29 is 14.4 Å². The number of halogens is 1. The number of amides is 3. The molecule has 7 nitrogen and oxygen atoms in total. The highest BCUT2D eigenvalue weighted by Gasteiger charge is 2.08. The van der Waals surface area contributed by atoms with Crippen LogP contribution in [0.5, 0.6) is 0 Å². The van der Waals surface area contributed by atoms with Gasteiger partial charge in [-0.1, -0.05) is 0 Å². The van der Waals surface area contributed by atoms with E-state index in [0.29, 0.717) is 0 Å². The van der Waals surface area contributed by atoms with E-state index in [-0.39, 0.29) is 18.1 Å². The Labute approximate surface area is 111 Å². The Bertz CT molecular complexity index is 461. The highest BCUT2D eigenvalue weighted by Crippen LogP contribution is 2.06. The van der Waals surface area contributed by atoms with Gasteiger partial charge in [-0.05, 0) is 28.1 Å². The van der Waals surface area contributed by atoms with Crippen molar-refractivity contribution in [2.75, 3.05) is 6.54 Å². The second-order valence-corrected chi connectivity index (χ2v) is 4.19. The van der Waals surface area contributed by atoms with E-state index in [9.17, 15) is 14.4 Å². The van der Waals surface area contributed by atoms with Crippen molar-refractivity contribution in [3.05, 3.63) is 28.5 Å². The zero-order valence-corrected chi connectivity index (χ0v) is 11.1. The number of rotatable bonds is 3. The van der Waals surface area contributed by atoms with Gasteiger partial charge in [0.25, 0.3) is 11.8 Å². The van der Waals surface area contributed by atoms with Crippen molar-refractivity contribution in [2.24, 2.45) is 0 Å². The molecule has 3 N–H and O–H groups in total. The van der Waals surface area contributed by atoms with Gasteiger partial charge in [-0.25, -0.2) is 4.98 Å². The predicted octanol–water partition coefficient (Wildman–Crippen LogP) is -0.259. The molecule has 18 heavy (non-hydrogen) atoms. The van der Waals surface area contributed by atoms with Gasteiger partial charge in [0, 0.05) is 17.6 Å². The third-order valence-electron chi connectivity index (χ3n) is 1.77. The zero-order chi connectivity index (χ0) is 13.5. The first-order valence-electron chi connectivity index (χ1n) is 4.94. The highest BCUT2D eigenvalue weighted by atomic mass is 79.9. The van der Waals surface area contributed by atoms with Crippen molar-refractivity contribution in [2.45, 2.75) is 6.92 Å². The van der Waals surface area contributed by atoms with Crippen LogP contribution >= 0.6 is 15.9 Å². The van der Waals surface area contributed by atoms with Gasteiger partial charge in [-0.15, -0.1) is 0 Å². The van der Waals surface area contributed by atoms with Crippen molar-refractivity contribution in [1.82, 2.24) is 21.2 Å². The van der Waals surface area contributed by atoms with Crippen LogP contribution in [-0.4, -0.2) is 29.3 Å². The summed E-state index contributed by atoms with van der Waals surface area (Å²) in [5.74, 6) is -1.40. The quantitative estimate of drug-likeness (QED) is 0.669. The zero-order valence-electron chi connectivity index (χ0n) is 9.49. The molecule has 0 bridgehead atoms. The molecule has 0 spiro atoms. The summed E-state index contributed by atoms with van der Waals surface area (Å²) in [6.45, 7) is 1.08. The molecule has 0 saturated heterocycles. The number of hydrogen-bond acceptors (Lipinski definition) is 4. The number of carbonyl (C=O) groups excluding carboxylic acids is 3. The van der Waals surface area contributed by atoms with Crippen molar-refractivity contribution in [1.29, 1.82) is 0 Å². The molecule has 1 aromatic heterocycles. The molecule has 1 rings (SSSR count). The minimum Gasteiger partial charge on any atom is -0.347 e. The fraction of sp³-hybridized carbons (Fsp3) is 0.200. The van der Waals surface area contributed by atoms with E-state index < -0.39 is 11.8 Å². The Kier molecular flexibility index (Phi) is 5.25. The third-order valence-corrected chi connectivity index (χ3v) is 2.24. The summed E-state index contributed by atoms with van der Waals surface area (Å²) in [4.78, 5) is 37.1. The summed E-state index contributed by atoms with van der Waals surface area (Å²) in [6, 6.07) is 3.15. The number of aromatic nitrogens is 1. The molecule has 96 valence electrons. The largest absolute Gasteiger partial charge is 0.347 e. The van der Waals surface area contributed by atoms with Crippen LogP contribution in [0.25, 0.3) is 0 Å². The molecule has 1 heterocycles. The van der Waals surface area contributed by atoms with E-state index in [1.54, 1.807) is 6.07 Å². The van der Waals surface area contributed by atoms with Crippen LogP contribution < -0.4 is 16.2 Å². The topological polar surface area (TPSA) is 100 Å². The van der Waals surface area contributed by atoms with E-state index in [1.807, 2.05) is 0 Å². The summed E-state index contributed by atoms with van der Waals surface area (Å²) in [5, 5.41) is 2.29. The van der Waals surface area contributed by atoms with E-state index in [4.69, 9.17) is 0 Å². The number of nitrogens with zero attached hydrogens (tertiary/aromatic N) is 1. The van der Waals surface area contributed by atoms with Gasteiger partial charge < -0.3 is 5.32 Å². The van der Waals surface area contributed by atoms with Gasteiger partial charge in [0.1, 0.15) is 5.69 Å². The van der Waals surface area contributed by atoms with Crippen molar-refractivity contribution in [3.8, 4) is 0 Å². The second-order valence-electron chi connectivity index (χ2n) is 3.27. The molecule has 0 saturated carbocycles. The Hall–Kier alpha value is -1.96. The van der Waals surface area contributed by atoms with Crippen molar-refractivity contribution in [3.63, 3.8) is 0 Å². The van der Waals surface area contributed by atoms with Gasteiger partial charge >= 0.3 is 0 Å². The molecule has 0 aliphatic rings. The minimum absolute atomic E-state index is 0.165. The lowest BCUT2D eigenvalue weighted by Gasteiger charge is -2.07. The lowest BCUT2D eigenvalue weighted by Crippen LogP contribution is -2.46. The molecular formula is C10H11BrN4O3. The predicted molar refractivity (Wildman–Crippen MR) is 66.2 cm³/mol. The van der Waals surface area contributed by atoms with Crippen LogP contribution in [0.2, 0.25) is 0 Å². The SMILES string of the molecule is CC(=O)NCC(=O)NNC(=O)c1ccc(Br)cn1. The molecule has 3 amide bonds. The van der Waals surface area contributed by atoms with E-state index in [2.05, 4.69) is 37.1 Å². The van der Waals surface area contributed by atoms with E-state index >= 15 is 0 Å². The Morgan fingerprint density at radius 3 is 2.56 bits per heavy atom. The summed E-state index contributed by atoms with van der Waals surface area (Å²) < 4.78 is 0.744. The maximum absolute atomic E-state index is 11.5. The van der Waals surface area contributed by atoms with Crippen LogP contribution in [0.4, 0.5) is 0 Å². The van der Waals surface area contributed by atoms with Crippen LogP contribution in [0.3, 0.4) is 0 Å². The highest BCUT2D eigenvalue weighted by molar-refractivity contribution is 9.10. The maximum Gasteiger partial charge on any atom is 0.288 e. The standard InChI is InChI=1S/C10H11BrN4O3/c1-6(16)12-5-9(17)14-15-10(18)8-3-2-7(11)4-13-8/h2-4H,5H2,1H3,(H,12,16)(H,14,17)(H,15,18). The molecule has 0 aliphatic heterocycles. The summed E-state index contributed by atoms with van der Waals surface area (Å²) in [7, 11) is 0. The monoisotopic (exact) mass is 314 g/mol. The Morgan fingerprint density at radius 2 is 2.00 bits per heavy atom.